The molecule has 1 aliphatic rings. The standard InChI is InChI=1S/C18H23NO4/c1-19-12-11-14-8-5-4-7-13(14)9-6-10-15(17(20)22-2)16(19)18(21)23-3/h4-5,7-8H,6,9-12H2,1-3H3/b16-15+. The number of likely N-dealkylation sites (N-methyl/N-ethyl adjacent to an activating group) is 1. The topological polar surface area (TPSA) is 55.8 Å². The van der Waals surface area contributed by atoms with E-state index < -0.39 is 11.9 Å². The molecule has 0 saturated heterocycles. The third-order valence-corrected chi connectivity index (χ3v) is 4.19. The van der Waals surface area contributed by atoms with Crippen molar-refractivity contribution >= 4 is 11.9 Å². The lowest BCUT2D eigenvalue weighted by atomic mass is 9.95. The van der Waals surface area contributed by atoms with Gasteiger partial charge in [0.2, 0.25) is 0 Å². The van der Waals surface area contributed by atoms with E-state index in [0.717, 1.165) is 19.3 Å². The number of ether oxygens (including phenoxy) is 2. The van der Waals surface area contributed by atoms with Crippen LogP contribution in [0.15, 0.2) is 35.5 Å². The molecule has 5 nitrogen and oxygen atoms in total. The number of fused-ring (bicyclic) bond motifs is 1. The summed E-state index contributed by atoms with van der Waals surface area (Å²) in [5, 5.41) is 0. The molecule has 0 bridgehead atoms. The van der Waals surface area contributed by atoms with E-state index >= 15 is 0 Å². The summed E-state index contributed by atoms with van der Waals surface area (Å²) in [5.74, 6) is -0.965. The maximum Gasteiger partial charge on any atom is 0.354 e. The molecule has 5 heteroatoms. The van der Waals surface area contributed by atoms with Crippen LogP contribution in [-0.4, -0.2) is 44.7 Å². The fourth-order valence-corrected chi connectivity index (χ4v) is 2.95. The Morgan fingerprint density at radius 1 is 0.957 bits per heavy atom. The zero-order chi connectivity index (χ0) is 16.8. The van der Waals surface area contributed by atoms with Gasteiger partial charge in [-0.25, -0.2) is 9.59 Å². The van der Waals surface area contributed by atoms with Crippen molar-refractivity contribution in [1.82, 2.24) is 4.90 Å². The van der Waals surface area contributed by atoms with Crippen molar-refractivity contribution in [3.8, 4) is 0 Å². The number of rotatable bonds is 2. The van der Waals surface area contributed by atoms with Crippen molar-refractivity contribution in [3.63, 3.8) is 0 Å². The number of esters is 2. The van der Waals surface area contributed by atoms with E-state index in [4.69, 9.17) is 9.47 Å². The third kappa shape index (κ3) is 3.92. The highest BCUT2D eigenvalue weighted by molar-refractivity contribution is 5.99. The number of nitrogens with zero attached hydrogens (tertiary/aromatic N) is 1. The van der Waals surface area contributed by atoms with E-state index in [9.17, 15) is 9.59 Å². The lowest BCUT2D eigenvalue weighted by Crippen LogP contribution is -2.31. The molecule has 1 aromatic rings. The van der Waals surface area contributed by atoms with Gasteiger partial charge in [-0.1, -0.05) is 24.3 Å². The van der Waals surface area contributed by atoms with Gasteiger partial charge in [0.05, 0.1) is 19.8 Å². The summed E-state index contributed by atoms with van der Waals surface area (Å²) in [6.45, 7) is 0.627. The minimum Gasteiger partial charge on any atom is -0.466 e. The molecule has 2 rings (SSSR count). The van der Waals surface area contributed by atoms with Gasteiger partial charge in [0.15, 0.2) is 0 Å². The number of hydrogen-bond donors (Lipinski definition) is 0. The lowest BCUT2D eigenvalue weighted by Gasteiger charge is -2.25. The summed E-state index contributed by atoms with van der Waals surface area (Å²) in [5.41, 5.74) is 3.27. The summed E-state index contributed by atoms with van der Waals surface area (Å²) in [7, 11) is 4.46. The van der Waals surface area contributed by atoms with Gasteiger partial charge in [0.1, 0.15) is 5.70 Å². The van der Waals surface area contributed by atoms with Gasteiger partial charge in [-0.15, -0.1) is 0 Å². The molecule has 23 heavy (non-hydrogen) atoms. The second-order valence-corrected chi connectivity index (χ2v) is 5.60. The Hall–Kier alpha value is -2.30. The summed E-state index contributed by atoms with van der Waals surface area (Å²) in [6, 6.07) is 8.31. The van der Waals surface area contributed by atoms with Crippen LogP contribution in [0.3, 0.4) is 0 Å². The molecular weight excluding hydrogens is 294 g/mol. The van der Waals surface area contributed by atoms with Crippen molar-refractivity contribution in [3.05, 3.63) is 46.7 Å². The Labute approximate surface area is 136 Å². The molecule has 0 saturated carbocycles. The molecule has 0 spiro atoms. The molecule has 0 aromatic heterocycles. The fraction of sp³-hybridized carbons (Fsp3) is 0.444. The minimum atomic E-state index is -0.498. The van der Waals surface area contributed by atoms with E-state index in [1.165, 1.54) is 25.3 Å². The van der Waals surface area contributed by atoms with Crippen molar-refractivity contribution < 1.29 is 19.1 Å². The van der Waals surface area contributed by atoms with Crippen LogP contribution in [0.1, 0.15) is 24.0 Å². The minimum absolute atomic E-state index is 0.304. The Bertz CT molecular complexity index is 621. The van der Waals surface area contributed by atoms with Gasteiger partial charge >= 0.3 is 11.9 Å². The highest BCUT2D eigenvalue weighted by Gasteiger charge is 2.26. The predicted octanol–water partition coefficient (Wildman–Crippen LogP) is 2.10. The molecule has 0 radical (unpaired) electrons. The molecule has 1 aliphatic heterocycles. The smallest absolute Gasteiger partial charge is 0.354 e. The molecule has 124 valence electrons. The Balaban J connectivity index is 2.40. The number of methoxy groups -OCH3 is 2. The van der Waals surface area contributed by atoms with Crippen LogP contribution >= 0.6 is 0 Å². The van der Waals surface area contributed by atoms with E-state index in [1.54, 1.807) is 11.9 Å². The van der Waals surface area contributed by atoms with Gasteiger partial charge in [0.25, 0.3) is 0 Å². The van der Waals surface area contributed by atoms with Crippen LogP contribution < -0.4 is 0 Å². The monoisotopic (exact) mass is 317 g/mol. The van der Waals surface area contributed by atoms with Crippen molar-refractivity contribution in [1.29, 1.82) is 0 Å². The summed E-state index contributed by atoms with van der Waals surface area (Å²) >= 11 is 0. The molecular formula is C18H23NO4. The largest absolute Gasteiger partial charge is 0.466 e. The summed E-state index contributed by atoms with van der Waals surface area (Å²) in [4.78, 5) is 26.1. The van der Waals surface area contributed by atoms with Gasteiger partial charge in [-0.3, -0.25) is 0 Å². The predicted molar refractivity (Wildman–Crippen MR) is 86.8 cm³/mol. The van der Waals surface area contributed by atoms with E-state index in [2.05, 4.69) is 12.1 Å². The number of carbonyl (C=O) groups is 2. The number of hydrogen-bond acceptors (Lipinski definition) is 5. The molecule has 0 atom stereocenters. The van der Waals surface area contributed by atoms with Crippen molar-refractivity contribution in [2.45, 2.75) is 25.7 Å². The zero-order valence-electron chi connectivity index (χ0n) is 13.9. The molecule has 0 unspecified atom stereocenters. The normalized spacial score (nSPS) is 18.8. The highest BCUT2D eigenvalue weighted by Crippen LogP contribution is 2.23. The maximum absolute atomic E-state index is 12.2. The number of benzene rings is 1. The molecule has 1 aromatic carbocycles. The Morgan fingerprint density at radius 3 is 2.17 bits per heavy atom. The second kappa shape index (κ2) is 7.81. The van der Waals surface area contributed by atoms with E-state index in [1.807, 2.05) is 12.1 Å². The van der Waals surface area contributed by atoms with Crippen LogP contribution in [0, 0.1) is 0 Å². The number of carbonyl (C=O) groups excluding carboxylic acids is 2. The highest BCUT2D eigenvalue weighted by atomic mass is 16.5. The summed E-state index contributed by atoms with van der Waals surface area (Å²) < 4.78 is 9.75. The van der Waals surface area contributed by atoms with Crippen LogP contribution in [0.25, 0.3) is 0 Å². The fourth-order valence-electron chi connectivity index (χ4n) is 2.95. The van der Waals surface area contributed by atoms with Gasteiger partial charge in [-0.2, -0.15) is 0 Å². The molecule has 0 fully saturated rings. The van der Waals surface area contributed by atoms with E-state index in [0.29, 0.717) is 24.2 Å². The molecule has 0 amide bonds. The molecule has 0 aliphatic carbocycles. The second-order valence-electron chi connectivity index (χ2n) is 5.60. The zero-order valence-corrected chi connectivity index (χ0v) is 13.9. The number of aryl methyl sites for hydroxylation is 1. The molecule has 1 heterocycles. The lowest BCUT2D eigenvalue weighted by molar-refractivity contribution is -0.140. The van der Waals surface area contributed by atoms with Gasteiger partial charge in [-0.05, 0) is 36.8 Å². The van der Waals surface area contributed by atoms with Crippen LogP contribution in [-0.2, 0) is 31.9 Å². The Morgan fingerprint density at radius 2 is 1.57 bits per heavy atom. The average molecular weight is 317 g/mol. The first-order valence-electron chi connectivity index (χ1n) is 7.76. The first-order chi connectivity index (χ1) is 11.1. The van der Waals surface area contributed by atoms with Crippen LogP contribution in [0.2, 0.25) is 0 Å². The van der Waals surface area contributed by atoms with Gasteiger partial charge < -0.3 is 14.4 Å². The maximum atomic E-state index is 12.2. The van der Waals surface area contributed by atoms with Crippen molar-refractivity contribution in [2.75, 3.05) is 27.8 Å². The third-order valence-electron chi connectivity index (χ3n) is 4.19. The van der Waals surface area contributed by atoms with Crippen LogP contribution in [0.5, 0.6) is 0 Å². The summed E-state index contributed by atoms with van der Waals surface area (Å²) in [6.07, 6.45) is 2.93. The Kier molecular flexibility index (Phi) is 5.79. The molecule has 0 N–H and O–H groups in total. The SMILES string of the molecule is COC(=O)/C1=C(\C(=O)OC)N(C)CCc2ccccc2CCC1. The first-order valence-corrected chi connectivity index (χ1v) is 7.76. The van der Waals surface area contributed by atoms with E-state index in [-0.39, 0.29) is 0 Å². The van der Waals surface area contributed by atoms with Gasteiger partial charge in [0, 0.05) is 13.6 Å². The van der Waals surface area contributed by atoms with Crippen molar-refractivity contribution in [2.24, 2.45) is 0 Å². The average Bonchev–Trinajstić information content (AvgIpc) is 2.58. The first kappa shape index (κ1) is 17.1. The quantitative estimate of drug-likeness (QED) is 0.782. The van der Waals surface area contributed by atoms with Crippen LogP contribution in [0.4, 0.5) is 0 Å².